The first-order valence-corrected chi connectivity index (χ1v) is 6.03. The second-order valence-electron chi connectivity index (χ2n) is 4.49. The molecule has 1 aliphatic heterocycles. The molecule has 1 heterocycles. The Labute approximate surface area is 117 Å². The summed E-state index contributed by atoms with van der Waals surface area (Å²) in [5.74, 6) is -0.944. The predicted molar refractivity (Wildman–Crippen MR) is 64.8 cm³/mol. The van der Waals surface area contributed by atoms with Crippen molar-refractivity contribution in [3.8, 4) is 5.75 Å². The molecule has 0 N–H and O–H groups in total. The van der Waals surface area contributed by atoms with Gasteiger partial charge in [0.05, 0.1) is 4.92 Å². The van der Waals surface area contributed by atoms with Crippen LogP contribution in [-0.2, 0) is 4.79 Å². The van der Waals surface area contributed by atoms with Crippen LogP contribution in [0.25, 0.3) is 0 Å². The van der Waals surface area contributed by atoms with Gasteiger partial charge in [-0.15, -0.1) is 0 Å². The molecule has 0 saturated carbocycles. The zero-order valence-corrected chi connectivity index (χ0v) is 10.7. The molecule has 114 valence electrons. The summed E-state index contributed by atoms with van der Waals surface area (Å²) in [7, 11) is 0. The van der Waals surface area contributed by atoms with Crippen molar-refractivity contribution in [2.75, 3.05) is 13.1 Å². The van der Waals surface area contributed by atoms with E-state index in [-0.39, 0.29) is 24.4 Å². The van der Waals surface area contributed by atoms with Gasteiger partial charge in [0.25, 0.3) is 5.91 Å². The van der Waals surface area contributed by atoms with E-state index in [0.29, 0.717) is 4.90 Å². The molecular formula is C12H11F3N2O4. The number of para-hydroxylation sites is 2. The maximum absolute atomic E-state index is 12.3. The highest BCUT2D eigenvalue weighted by Crippen LogP contribution is 2.29. The summed E-state index contributed by atoms with van der Waals surface area (Å²) in [5.41, 5.74) is -0.334. The molecule has 1 saturated heterocycles. The van der Waals surface area contributed by atoms with Crippen LogP contribution >= 0.6 is 0 Å². The minimum Gasteiger partial charge on any atom is -0.473 e. The average Bonchev–Trinajstić information content (AvgIpc) is 2.70. The van der Waals surface area contributed by atoms with Crippen molar-refractivity contribution in [1.29, 1.82) is 0 Å². The van der Waals surface area contributed by atoms with Crippen LogP contribution in [0.3, 0.4) is 0 Å². The molecule has 6 nitrogen and oxygen atoms in total. The van der Waals surface area contributed by atoms with Crippen LogP contribution in [0, 0.1) is 10.1 Å². The predicted octanol–water partition coefficient (Wildman–Crippen LogP) is 2.14. The van der Waals surface area contributed by atoms with E-state index in [4.69, 9.17) is 4.74 Å². The van der Waals surface area contributed by atoms with Crippen molar-refractivity contribution >= 4 is 11.6 Å². The SMILES string of the molecule is O=C1C(Oc2ccccc2[N+](=O)[O-])CCN1CC(F)(F)F. The molecule has 1 atom stereocenters. The molecule has 0 spiro atoms. The lowest BCUT2D eigenvalue weighted by Gasteiger charge is -2.18. The summed E-state index contributed by atoms with van der Waals surface area (Å²) >= 11 is 0. The lowest BCUT2D eigenvalue weighted by molar-refractivity contribution is -0.386. The number of likely N-dealkylation sites (tertiary alicyclic amines) is 1. The third-order valence-corrected chi connectivity index (χ3v) is 2.95. The number of hydrogen-bond acceptors (Lipinski definition) is 4. The number of rotatable bonds is 4. The number of benzene rings is 1. The standard InChI is InChI=1S/C12H11F3N2O4/c13-12(14,15)7-16-6-5-10(11(16)18)21-9-4-2-1-3-8(9)17(19)20/h1-4,10H,5-7H2. The van der Waals surface area contributed by atoms with E-state index < -0.39 is 29.7 Å². The van der Waals surface area contributed by atoms with Crippen LogP contribution in [0.4, 0.5) is 18.9 Å². The largest absolute Gasteiger partial charge is 0.473 e. The minimum atomic E-state index is -4.48. The highest BCUT2D eigenvalue weighted by atomic mass is 19.4. The lowest BCUT2D eigenvalue weighted by Crippen LogP contribution is -2.38. The smallest absolute Gasteiger partial charge is 0.406 e. The number of carbonyl (C=O) groups excluding carboxylic acids is 1. The Kier molecular flexibility index (Phi) is 4.01. The molecule has 1 aromatic carbocycles. The van der Waals surface area contributed by atoms with Crippen molar-refractivity contribution in [3.05, 3.63) is 34.4 Å². The Morgan fingerprint density at radius 2 is 2.05 bits per heavy atom. The summed E-state index contributed by atoms with van der Waals surface area (Å²) in [6.45, 7) is -1.44. The number of alkyl halides is 3. The van der Waals surface area contributed by atoms with E-state index in [9.17, 15) is 28.1 Å². The zero-order valence-electron chi connectivity index (χ0n) is 10.7. The van der Waals surface area contributed by atoms with Gasteiger partial charge in [-0.2, -0.15) is 13.2 Å². The molecule has 1 fully saturated rings. The van der Waals surface area contributed by atoms with Gasteiger partial charge in [-0.05, 0) is 6.07 Å². The highest BCUT2D eigenvalue weighted by Gasteiger charge is 2.40. The Morgan fingerprint density at radius 3 is 2.67 bits per heavy atom. The van der Waals surface area contributed by atoms with E-state index in [1.54, 1.807) is 0 Å². The number of halogens is 3. The average molecular weight is 304 g/mol. The fourth-order valence-corrected chi connectivity index (χ4v) is 2.05. The van der Waals surface area contributed by atoms with Gasteiger partial charge >= 0.3 is 11.9 Å². The Bertz CT molecular complexity index is 562. The molecular weight excluding hydrogens is 293 g/mol. The van der Waals surface area contributed by atoms with Crippen LogP contribution in [0.1, 0.15) is 6.42 Å². The maximum Gasteiger partial charge on any atom is 0.406 e. The molecule has 1 aliphatic rings. The number of nitro benzene ring substituents is 1. The van der Waals surface area contributed by atoms with Crippen LogP contribution in [0.15, 0.2) is 24.3 Å². The Balaban J connectivity index is 2.09. The quantitative estimate of drug-likeness (QED) is 0.631. The van der Waals surface area contributed by atoms with Gasteiger partial charge in [-0.25, -0.2) is 0 Å². The van der Waals surface area contributed by atoms with Gasteiger partial charge in [-0.1, -0.05) is 12.1 Å². The summed E-state index contributed by atoms with van der Waals surface area (Å²) in [6, 6.07) is 5.41. The number of hydrogen-bond donors (Lipinski definition) is 0. The molecule has 0 aliphatic carbocycles. The topological polar surface area (TPSA) is 72.7 Å². The van der Waals surface area contributed by atoms with Crippen molar-refractivity contribution in [2.45, 2.75) is 18.7 Å². The number of nitrogens with zero attached hydrogens (tertiary/aromatic N) is 2. The first-order chi connectivity index (χ1) is 9.78. The summed E-state index contributed by atoms with van der Waals surface area (Å²) < 4.78 is 42.1. The molecule has 2 rings (SSSR count). The van der Waals surface area contributed by atoms with E-state index in [0.717, 1.165) is 0 Å². The summed E-state index contributed by atoms with van der Waals surface area (Å²) in [6.07, 6.45) is -5.56. The van der Waals surface area contributed by atoms with Gasteiger partial charge < -0.3 is 9.64 Å². The number of nitro groups is 1. The Hall–Kier alpha value is -2.32. The summed E-state index contributed by atoms with van der Waals surface area (Å²) in [4.78, 5) is 22.6. The van der Waals surface area contributed by atoms with Gasteiger partial charge in [0.2, 0.25) is 0 Å². The van der Waals surface area contributed by atoms with Crippen molar-refractivity contribution < 1.29 is 27.6 Å². The van der Waals surface area contributed by atoms with Gasteiger partial charge in [0.1, 0.15) is 6.54 Å². The monoisotopic (exact) mass is 304 g/mol. The third kappa shape index (κ3) is 3.61. The molecule has 1 aromatic rings. The van der Waals surface area contributed by atoms with Crippen LogP contribution in [0.2, 0.25) is 0 Å². The summed E-state index contributed by atoms with van der Waals surface area (Å²) in [5, 5.41) is 10.8. The lowest BCUT2D eigenvalue weighted by atomic mass is 10.2. The molecule has 0 bridgehead atoms. The van der Waals surface area contributed by atoms with E-state index >= 15 is 0 Å². The van der Waals surface area contributed by atoms with E-state index in [2.05, 4.69) is 0 Å². The van der Waals surface area contributed by atoms with Gasteiger partial charge in [0, 0.05) is 19.0 Å². The van der Waals surface area contributed by atoms with Crippen molar-refractivity contribution in [2.24, 2.45) is 0 Å². The van der Waals surface area contributed by atoms with Crippen molar-refractivity contribution in [1.82, 2.24) is 4.90 Å². The van der Waals surface area contributed by atoms with Crippen LogP contribution < -0.4 is 4.74 Å². The van der Waals surface area contributed by atoms with Crippen LogP contribution in [-0.4, -0.2) is 41.1 Å². The fraction of sp³-hybridized carbons (Fsp3) is 0.417. The van der Waals surface area contributed by atoms with Gasteiger partial charge in [-0.3, -0.25) is 14.9 Å². The molecule has 1 unspecified atom stereocenters. The normalized spacial score (nSPS) is 18.9. The Morgan fingerprint density at radius 1 is 1.38 bits per heavy atom. The number of amides is 1. The second kappa shape index (κ2) is 5.58. The first kappa shape index (κ1) is 15.1. The number of carbonyl (C=O) groups is 1. The minimum absolute atomic E-state index is 0.0565. The first-order valence-electron chi connectivity index (χ1n) is 6.03. The third-order valence-electron chi connectivity index (χ3n) is 2.95. The van der Waals surface area contributed by atoms with Crippen molar-refractivity contribution in [3.63, 3.8) is 0 Å². The van der Waals surface area contributed by atoms with E-state index in [1.807, 2.05) is 0 Å². The zero-order chi connectivity index (χ0) is 15.6. The maximum atomic E-state index is 12.3. The molecule has 9 heteroatoms. The highest BCUT2D eigenvalue weighted by molar-refractivity contribution is 5.83. The molecule has 1 amide bonds. The van der Waals surface area contributed by atoms with E-state index in [1.165, 1.54) is 24.3 Å². The molecule has 0 radical (unpaired) electrons. The fourth-order valence-electron chi connectivity index (χ4n) is 2.05. The van der Waals surface area contributed by atoms with Crippen LogP contribution in [0.5, 0.6) is 5.75 Å². The second-order valence-corrected chi connectivity index (χ2v) is 4.49. The number of ether oxygens (including phenoxy) is 1. The molecule has 0 aromatic heterocycles. The van der Waals surface area contributed by atoms with Gasteiger partial charge in [0.15, 0.2) is 11.9 Å². The molecule has 21 heavy (non-hydrogen) atoms.